The van der Waals surface area contributed by atoms with Gasteiger partial charge in [0.15, 0.2) is 0 Å². The van der Waals surface area contributed by atoms with Crippen LogP contribution in [0.4, 0.5) is 0 Å². The third-order valence-corrected chi connectivity index (χ3v) is 5.79. The molecule has 0 radical (unpaired) electrons. The number of aromatic nitrogens is 1. The molecule has 144 valence electrons. The lowest BCUT2D eigenvalue weighted by atomic mass is 10.0. The molecule has 1 aromatic carbocycles. The van der Waals surface area contributed by atoms with Gasteiger partial charge in [0, 0.05) is 62.0 Å². The normalized spacial score (nSPS) is 18.9. The van der Waals surface area contributed by atoms with Crippen LogP contribution in [0.15, 0.2) is 60.1 Å². The summed E-state index contributed by atoms with van der Waals surface area (Å²) in [6.07, 6.45) is 6.23. The molecule has 0 saturated carbocycles. The summed E-state index contributed by atoms with van der Waals surface area (Å²) in [7, 11) is 1.69. The fourth-order valence-corrected chi connectivity index (χ4v) is 4.04. The highest BCUT2D eigenvalue weighted by Gasteiger charge is 2.35. The molecule has 2 aromatic rings. The van der Waals surface area contributed by atoms with E-state index in [0.717, 1.165) is 62.8 Å². The quantitative estimate of drug-likeness (QED) is 0.776. The molecular formula is C23H25N3O2. The molecule has 0 unspecified atom stereocenters. The molecule has 0 spiro atoms. The maximum atomic E-state index is 5.45. The molecule has 3 aliphatic rings. The van der Waals surface area contributed by atoms with Gasteiger partial charge >= 0.3 is 0 Å². The van der Waals surface area contributed by atoms with Crippen molar-refractivity contribution in [3.8, 4) is 16.9 Å². The van der Waals surface area contributed by atoms with Gasteiger partial charge in [-0.2, -0.15) is 0 Å². The summed E-state index contributed by atoms with van der Waals surface area (Å²) in [5, 5.41) is 0. The lowest BCUT2D eigenvalue weighted by molar-refractivity contribution is 0.0356. The number of rotatable bonds is 6. The summed E-state index contributed by atoms with van der Waals surface area (Å²) in [5.74, 6) is 0.872. The van der Waals surface area contributed by atoms with Gasteiger partial charge in [0.25, 0.3) is 0 Å². The van der Waals surface area contributed by atoms with Crippen molar-refractivity contribution >= 4 is 5.57 Å². The predicted octanol–water partition coefficient (Wildman–Crippen LogP) is 3.06. The molecule has 5 heteroatoms. The molecule has 1 aliphatic carbocycles. The van der Waals surface area contributed by atoms with Crippen LogP contribution in [0.25, 0.3) is 16.7 Å². The maximum Gasteiger partial charge on any atom is 0.118 e. The average Bonchev–Trinajstić information content (AvgIpc) is 3.48. The van der Waals surface area contributed by atoms with E-state index in [-0.39, 0.29) is 0 Å². The molecule has 28 heavy (non-hydrogen) atoms. The second-order valence-electron chi connectivity index (χ2n) is 7.49. The lowest BCUT2D eigenvalue weighted by Crippen LogP contribution is -2.40. The molecule has 2 aliphatic heterocycles. The Morgan fingerprint density at radius 1 is 1.00 bits per heavy atom. The molecule has 0 atom stereocenters. The summed E-state index contributed by atoms with van der Waals surface area (Å²) in [6.45, 7) is 6.99. The molecule has 0 bridgehead atoms. The topological polar surface area (TPSA) is 37.8 Å². The Morgan fingerprint density at radius 3 is 2.57 bits per heavy atom. The monoisotopic (exact) mass is 375 g/mol. The van der Waals surface area contributed by atoms with E-state index in [1.807, 2.05) is 24.5 Å². The summed E-state index contributed by atoms with van der Waals surface area (Å²) >= 11 is 0. The molecule has 1 aromatic heterocycles. The number of allylic oxidation sites excluding steroid dienone is 2. The number of hydrogen-bond acceptors (Lipinski definition) is 5. The lowest BCUT2D eigenvalue weighted by Gasteiger charge is -2.29. The molecular weight excluding hydrogens is 350 g/mol. The predicted molar refractivity (Wildman–Crippen MR) is 110 cm³/mol. The van der Waals surface area contributed by atoms with Crippen LogP contribution in [0.3, 0.4) is 0 Å². The molecule has 1 saturated heterocycles. The van der Waals surface area contributed by atoms with E-state index in [2.05, 4.69) is 39.1 Å². The minimum absolute atomic E-state index is 0.862. The molecule has 0 N–H and O–H groups in total. The van der Waals surface area contributed by atoms with Gasteiger partial charge in [0.2, 0.25) is 0 Å². The number of ether oxygens (including phenoxy) is 2. The van der Waals surface area contributed by atoms with Crippen LogP contribution in [-0.4, -0.2) is 67.8 Å². The molecule has 0 amide bonds. The fourth-order valence-electron chi connectivity index (χ4n) is 4.04. The highest BCUT2D eigenvalue weighted by atomic mass is 16.5. The smallest absolute Gasteiger partial charge is 0.118 e. The van der Waals surface area contributed by atoms with E-state index < -0.39 is 0 Å². The Balaban J connectivity index is 1.27. The van der Waals surface area contributed by atoms with Crippen molar-refractivity contribution in [1.29, 1.82) is 0 Å². The first kappa shape index (κ1) is 17.5. The Labute approximate surface area is 165 Å². The molecule has 1 fully saturated rings. The van der Waals surface area contributed by atoms with Gasteiger partial charge in [-0.25, -0.2) is 0 Å². The first-order valence-electron chi connectivity index (χ1n) is 9.92. The highest BCUT2D eigenvalue weighted by Crippen LogP contribution is 2.45. The zero-order valence-electron chi connectivity index (χ0n) is 16.2. The molecule has 5 nitrogen and oxygen atoms in total. The number of fused-ring (bicyclic) bond motifs is 1. The van der Waals surface area contributed by atoms with Gasteiger partial charge in [0.05, 0.1) is 20.3 Å². The van der Waals surface area contributed by atoms with Gasteiger partial charge in [0.1, 0.15) is 5.75 Å². The Hall–Kier alpha value is -2.63. The summed E-state index contributed by atoms with van der Waals surface area (Å²) in [6, 6.07) is 10.4. The number of pyridine rings is 1. The van der Waals surface area contributed by atoms with Crippen molar-refractivity contribution in [1.82, 2.24) is 14.8 Å². The largest absolute Gasteiger partial charge is 0.497 e. The van der Waals surface area contributed by atoms with Crippen LogP contribution < -0.4 is 4.74 Å². The second-order valence-corrected chi connectivity index (χ2v) is 7.49. The van der Waals surface area contributed by atoms with Crippen LogP contribution in [0.2, 0.25) is 0 Å². The number of hydrogen-bond donors (Lipinski definition) is 0. The van der Waals surface area contributed by atoms with Crippen molar-refractivity contribution < 1.29 is 9.47 Å². The Kier molecular flexibility index (Phi) is 4.63. The van der Waals surface area contributed by atoms with Crippen molar-refractivity contribution in [3.05, 3.63) is 65.6 Å². The zero-order valence-corrected chi connectivity index (χ0v) is 16.2. The number of morpholine rings is 1. The summed E-state index contributed by atoms with van der Waals surface area (Å²) in [4.78, 5) is 9.51. The summed E-state index contributed by atoms with van der Waals surface area (Å²) < 4.78 is 10.7. The third kappa shape index (κ3) is 3.43. The SMILES string of the molecule is COc1ccc(-c2cncc(C3=C4C=C4N(CCN4CCOCC4)C3)c2)cc1. The standard InChI is InChI=1S/C23H25N3O2/c1-27-20-4-2-17(3-5-20)18-12-19(15-24-14-18)22-16-26(23-13-21(22)23)7-6-25-8-10-28-11-9-25/h2-5,12-15H,6-11,16H2,1H3. The first-order valence-corrected chi connectivity index (χ1v) is 9.92. The minimum atomic E-state index is 0.862. The zero-order chi connectivity index (χ0) is 18.9. The third-order valence-electron chi connectivity index (χ3n) is 5.79. The van der Waals surface area contributed by atoms with Crippen LogP contribution in [0, 0.1) is 0 Å². The molecule has 5 rings (SSSR count). The Bertz CT molecular complexity index is 927. The van der Waals surface area contributed by atoms with E-state index in [1.54, 1.807) is 7.11 Å². The second kappa shape index (κ2) is 7.41. The van der Waals surface area contributed by atoms with E-state index in [0.29, 0.717) is 0 Å². The van der Waals surface area contributed by atoms with Crippen LogP contribution in [-0.2, 0) is 4.74 Å². The van der Waals surface area contributed by atoms with E-state index in [4.69, 9.17) is 9.47 Å². The van der Waals surface area contributed by atoms with Crippen LogP contribution in [0.5, 0.6) is 5.75 Å². The number of methoxy groups -OCH3 is 1. The fraction of sp³-hybridized carbons (Fsp3) is 0.348. The van der Waals surface area contributed by atoms with E-state index in [1.165, 1.54) is 22.4 Å². The average molecular weight is 375 g/mol. The molecule has 3 heterocycles. The summed E-state index contributed by atoms with van der Waals surface area (Å²) in [5.41, 5.74) is 7.76. The van der Waals surface area contributed by atoms with Crippen molar-refractivity contribution in [2.75, 3.05) is 53.0 Å². The maximum absolute atomic E-state index is 5.45. The van der Waals surface area contributed by atoms with E-state index >= 15 is 0 Å². The van der Waals surface area contributed by atoms with E-state index in [9.17, 15) is 0 Å². The van der Waals surface area contributed by atoms with Gasteiger partial charge in [-0.1, -0.05) is 12.1 Å². The first-order chi connectivity index (χ1) is 13.8. The number of nitrogens with zero attached hydrogens (tertiary/aromatic N) is 3. The van der Waals surface area contributed by atoms with Crippen molar-refractivity contribution in [2.24, 2.45) is 0 Å². The minimum Gasteiger partial charge on any atom is -0.497 e. The van der Waals surface area contributed by atoms with Gasteiger partial charge in [-0.15, -0.1) is 0 Å². The van der Waals surface area contributed by atoms with Crippen LogP contribution in [0.1, 0.15) is 5.56 Å². The Morgan fingerprint density at radius 2 is 1.79 bits per heavy atom. The van der Waals surface area contributed by atoms with Gasteiger partial charge < -0.3 is 14.4 Å². The van der Waals surface area contributed by atoms with Crippen molar-refractivity contribution in [2.45, 2.75) is 0 Å². The van der Waals surface area contributed by atoms with Gasteiger partial charge in [-0.05, 0) is 41.0 Å². The number of benzene rings is 1. The highest BCUT2D eigenvalue weighted by molar-refractivity contribution is 5.87. The van der Waals surface area contributed by atoms with Crippen molar-refractivity contribution in [3.63, 3.8) is 0 Å². The van der Waals surface area contributed by atoms with Crippen LogP contribution >= 0.6 is 0 Å². The van der Waals surface area contributed by atoms with Gasteiger partial charge in [-0.3, -0.25) is 9.88 Å².